The van der Waals surface area contributed by atoms with Gasteiger partial charge in [-0.3, -0.25) is 4.79 Å². The predicted molar refractivity (Wildman–Crippen MR) is 75.4 cm³/mol. The maximum atomic E-state index is 12.1. The molecule has 1 aromatic carbocycles. The van der Waals surface area contributed by atoms with Gasteiger partial charge in [0, 0.05) is 25.9 Å². The first-order valence-electron chi connectivity index (χ1n) is 6.38. The standard InChI is InChI=1S/C14H22N2O3/c1-10(2)19-13-6-5-11(15)9-12(13)14(17)16-7-4-8-18-3/h5-6,9-10H,4,7-8,15H2,1-3H3,(H,16,17). The summed E-state index contributed by atoms with van der Waals surface area (Å²) in [5, 5.41) is 2.82. The number of ether oxygens (including phenoxy) is 2. The molecular weight excluding hydrogens is 244 g/mol. The van der Waals surface area contributed by atoms with E-state index in [-0.39, 0.29) is 12.0 Å². The van der Waals surface area contributed by atoms with Gasteiger partial charge in [-0.2, -0.15) is 0 Å². The minimum Gasteiger partial charge on any atom is -0.490 e. The third-order valence-electron chi connectivity index (χ3n) is 2.42. The Morgan fingerprint density at radius 1 is 1.42 bits per heavy atom. The average Bonchev–Trinajstić information content (AvgIpc) is 2.36. The number of rotatable bonds is 7. The molecule has 5 nitrogen and oxygen atoms in total. The van der Waals surface area contributed by atoms with Gasteiger partial charge in [-0.05, 0) is 38.5 Å². The van der Waals surface area contributed by atoms with E-state index in [1.165, 1.54) is 0 Å². The maximum Gasteiger partial charge on any atom is 0.255 e. The fourth-order valence-electron chi connectivity index (χ4n) is 1.60. The van der Waals surface area contributed by atoms with Crippen molar-refractivity contribution in [2.75, 3.05) is 26.0 Å². The summed E-state index contributed by atoms with van der Waals surface area (Å²) in [7, 11) is 1.63. The second-order valence-corrected chi connectivity index (χ2v) is 4.52. The van der Waals surface area contributed by atoms with E-state index >= 15 is 0 Å². The molecule has 0 aliphatic rings. The number of hydrogen-bond donors (Lipinski definition) is 2. The lowest BCUT2D eigenvalue weighted by Crippen LogP contribution is -2.26. The van der Waals surface area contributed by atoms with Gasteiger partial charge in [0.25, 0.3) is 5.91 Å². The largest absolute Gasteiger partial charge is 0.490 e. The van der Waals surface area contributed by atoms with Gasteiger partial charge >= 0.3 is 0 Å². The van der Waals surface area contributed by atoms with E-state index in [9.17, 15) is 4.79 Å². The van der Waals surface area contributed by atoms with Crippen LogP contribution in [-0.4, -0.2) is 32.3 Å². The maximum absolute atomic E-state index is 12.1. The first-order valence-corrected chi connectivity index (χ1v) is 6.38. The Kier molecular flexibility index (Phi) is 6.15. The highest BCUT2D eigenvalue weighted by Gasteiger charge is 2.13. The van der Waals surface area contributed by atoms with E-state index in [2.05, 4.69) is 5.32 Å². The minimum absolute atomic E-state index is 0.00339. The molecule has 0 fully saturated rings. The molecule has 0 spiro atoms. The summed E-state index contributed by atoms with van der Waals surface area (Å²) in [6.07, 6.45) is 0.772. The highest BCUT2D eigenvalue weighted by atomic mass is 16.5. The molecule has 5 heteroatoms. The van der Waals surface area contributed by atoms with Crippen molar-refractivity contribution in [3.8, 4) is 5.75 Å². The molecule has 1 amide bonds. The fraction of sp³-hybridized carbons (Fsp3) is 0.500. The third kappa shape index (κ3) is 5.18. The van der Waals surface area contributed by atoms with Gasteiger partial charge in [0.05, 0.1) is 11.7 Å². The van der Waals surface area contributed by atoms with Crippen LogP contribution in [0.15, 0.2) is 18.2 Å². The number of nitrogen functional groups attached to an aromatic ring is 1. The molecule has 0 bridgehead atoms. The van der Waals surface area contributed by atoms with Crippen LogP contribution in [-0.2, 0) is 4.74 Å². The molecule has 1 rings (SSSR count). The highest BCUT2D eigenvalue weighted by Crippen LogP contribution is 2.22. The lowest BCUT2D eigenvalue weighted by molar-refractivity contribution is 0.0943. The lowest BCUT2D eigenvalue weighted by atomic mass is 10.1. The molecule has 0 aliphatic heterocycles. The Hall–Kier alpha value is -1.75. The number of nitrogens with two attached hydrogens (primary N) is 1. The van der Waals surface area contributed by atoms with E-state index in [4.69, 9.17) is 15.2 Å². The van der Waals surface area contributed by atoms with Crippen LogP contribution in [0.25, 0.3) is 0 Å². The topological polar surface area (TPSA) is 73.6 Å². The lowest BCUT2D eigenvalue weighted by Gasteiger charge is -2.14. The average molecular weight is 266 g/mol. The van der Waals surface area contributed by atoms with Crippen molar-refractivity contribution in [3.05, 3.63) is 23.8 Å². The minimum atomic E-state index is -0.181. The van der Waals surface area contributed by atoms with Crippen molar-refractivity contribution >= 4 is 11.6 Å². The molecule has 1 aromatic rings. The van der Waals surface area contributed by atoms with E-state index in [0.29, 0.717) is 30.2 Å². The van der Waals surface area contributed by atoms with Crippen molar-refractivity contribution in [1.29, 1.82) is 0 Å². The number of carbonyl (C=O) groups is 1. The van der Waals surface area contributed by atoms with Crippen molar-refractivity contribution in [2.45, 2.75) is 26.4 Å². The summed E-state index contributed by atoms with van der Waals surface area (Å²) in [6, 6.07) is 5.07. The monoisotopic (exact) mass is 266 g/mol. The van der Waals surface area contributed by atoms with Crippen molar-refractivity contribution < 1.29 is 14.3 Å². The highest BCUT2D eigenvalue weighted by molar-refractivity contribution is 5.97. The molecule has 0 unspecified atom stereocenters. The van der Waals surface area contributed by atoms with Gasteiger partial charge in [0.1, 0.15) is 5.75 Å². The number of amides is 1. The summed E-state index contributed by atoms with van der Waals surface area (Å²) < 4.78 is 10.5. The normalized spacial score (nSPS) is 10.5. The SMILES string of the molecule is COCCCNC(=O)c1cc(N)ccc1OC(C)C. The molecular formula is C14H22N2O3. The van der Waals surface area contributed by atoms with Crippen LogP contribution in [0.3, 0.4) is 0 Å². The Bertz CT molecular complexity index is 419. The quantitative estimate of drug-likeness (QED) is 0.583. The number of methoxy groups -OCH3 is 1. The Morgan fingerprint density at radius 3 is 2.79 bits per heavy atom. The van der Waals surface area contributed by atoms with Gasteiger partial charge in [-0.1, -0.05) is 0 Å². The van der Waals surface area contributed by atoms with E-state index in [1.54, 1.807) is 25.3 Å². The van der Waals surface area contributed by atoms with Gasteiger partial charge < -0.3 is 20.5 Å². The van der Waals surface area contributed by atoms with E-state index in [1.807, 2.05) is 13.8 Å². The van der Waals surface area contributed by atoms with Crippen LogP contribution >= 0.6 is 0 Å². The van der Waals surface area contributed by atoms with Crippen molar-refractivity contribution in [3.63, 3.8) is 0 Å². The molecule has 0 atom stereocenters. The van der Waals surface area contributed by atoms with Crippen LogP contribution < -0.4 is 15.8 Å². The van der Waals surface area contributed by atoms with Crippen LogP contribution in [0.5, 0.6) is 5.75 Å². The molecule has 19 heavy (non-hydrogen) atoms. The summed E-state index contributed by atoms with van der Waals surface area (Å²) in [5.74, 6) is 0.368. The summed E-state index contributed by atoms with van der Waals surface area (Å²) in [4.78, 5) is 12.1. The zero-order chi connectivity index (χ0) is 14.3. The molecule has 0 radical (unpaired) electrons. The summed E-state index contributed by atoms with van der Waals surface area (Å²) in [5.41, 5.74) is 6.72. The first kappa shape index (κ1) is 15.3. The molecule has 0 aromatic heterocycles. The molecule has 0 saturated carbocycles. The molecule has 0 heterocycles. The molecule has 0 saturated heterocycles. The zero-order valence-corrected chi connectivity index (χ0v) is 11.7. The second-order valence-electron chi connectivity index (χ2n) is 4.52. The first-order chi connectivity index (χ1) is 9.04. The Labute approximate surface area is 114 Å². The number of nitrogens with one attached hydrogen (secondary N) is 1. The number of carbonyl (C=O) groups excluding carboxylic acids is 1. The molecule has 0 aliphatic carbocycles. The van der Waals surface area contributed by atoms with Gasteiger partial charge in [-0.25, -0.2) is 0 Å². The van der Waals surface area contributed by atoms with E-state index < -0.39 is 0 Å². The van der Waals surface area contributed by atoms with Crippen molar-refractivity contribution in [2.24, 2.45) is 0 Å². The number of anilines is 1. The van der Waals surface area contributed by atoms with Gasteiger partial charge in [0.2, 0.25) is 0 Å². The van der Waals surface area contributed by atoms with Gasteiger partial charge in [0.15, 0.2) is 0 Å². The third-order valence-corrected chi connectivity index (χ3v) is 2.42. The zero-order valence-electron chi connectivity index (χ0n) is 11.7. The fourth-order valence-corrected chi connectivity index (χ4v) is 1.60. The summed E-state index contributed by atoms with van der Waals surface area (Å²) >= 11 is 0. The second kappa shape index (κ2) is 7.63. The number of benzene rings is 1. The number of hydrogen-bond acceptors (Lipinski definition) is 4. The van der Waals surface area contributed by atoms with Crippen LogP contribution in [0.1, 0.15) is 30.6 Å². The smallest absolute Gasteiger partial charge is 0.255 e. The predicted octanol–water partition coefficient (Wildman–Crippen LogP) is 1.82. The van der Waals surface area contributed by atoms with Gasteiger partial charge in [-0.15, -0.1) is 0 Å². The molecule has 3 N–H and O–H groups in total. The van der Waals surface area contributed by atoms with Crippen LogP contribution in [0, 0.1) is 0 Å². The van der Waals surface area contributed by atoms with E-state index in [0.717, 1.165) is 6.42 Å². The van der Waals surface area contributed by atoms with Crippen LogP contribution in [0.4, 0.5) is 5.69 Å². The Morgan fingerprint density at radius 2 is 2.16 bits per heavy atom. The van der Waals surface area contributed by atoms with Crippen LogP contribution in [0.2, 0.25) is 0 Å². The Balaban J connectivity index is 2.73. The van der Waals surface area contributed by atoms with Crippen molar-refractivity contribution in [1.82, 2.24) is 5.32 Å². The molecule has 106 valence electrons. The summed E-state index contributed by atoms with van der Waals surface area (Å²) in [6.45, 7) is 5.00.